The number of rotatable bonds is 7. The fraction of sp³-hybridized carbons (Fsp3) is 0.333. The zero-order valence-corrected chi connectivity index (χ0v) is 20.8. The molecule has 178 valence electrons. The molecule has 0 aromatic heterocycles. The van der Waals surface area contributed by atoms with E-state index in [-0.39, 0.29) is 17.5 Å². The highest BCUT2D eigenvalue weighted by atomic mass is 35.5. The molecule has 0 unspecified atom stereocenters. The molecule has 0 spiro atoms. The number of nitrogens with one attached hydrogen (secondary N) is 1. The summed E-state index contributed by atoms with van der Waals surface area (Å²) in [5, 5.41) is 3.99. The zero-order chi connectivity index (χ0) is 24.2. The summed E-state index contributed by atoms with van der Waals surface area (Å²) in [4.78, 5) is 26.7. The SMILES string of the molecule is CCSCCOC(=O)C1=C(C)NC2=C(C(=O)C[C@H](c3ccc(Cl)cc3)C2)[C@H]1c1ccc(F)cc1. The third-order valence-electron chi connectivity index (χ3n) is 6.26. The first-order chi connectivity index (χ1) is 16.4. The number of hydrogen-bond acceptors (Lipinski definition) is 5. The van der Waals surface area contributed by atoms with E-state index in [9.17, 15) is 14.0 Å². The Hall–Kier alpha value is -2.57. The van der Waals surface area contributed by atoms with Crippen molar-refractivity contribution >= 4 is 35.1 Å². The normalized spacial score (nSPS) is 20.2. The van der Waals surface area contributed by atoms with Crippen molar-refractivity contribution < 1.29 is 18.7 Å². The van der Waals surface area contributed by atoms with E-state index in [1.165, 1.54) is 12.1 Å². The number of allylic oxidation sites excluding steroid dienone is 3. The van der Waals surface area contributed by atoms with Gasteiger partial charge in [-0.05, 0) is 60.4 Å². The lowest BCUT2D eigenvalue weighted by Gasteiger charge is -2.36. The summed E-state index contributed by atoms with van der Waals surface area (Å²) in [6.45, 7) is 4.17. The molecule has 7 heteroatoms. The lowest BCUT2D eigenvalue weighted by molar-refractivity contribution is -0.138. The number of thioether (sulfide) groups is 1. The minimum Gasteiger partial charge on any atom is -0.461 e. The molecule has 2 aromatic carbocycles. The number of carbonyl (C=O) groups is 2. The smallest absolute Gasteiger partial charge is 0.336 e. The van der Waals surface area contributed by atoms with Crippen LogP contribution in [0.15, 0.2) is 71.1 Å². The molecule has 0 bridgehead atoms. The van der Waals surface area contributed by atoms with Gasteiger partial charge in [0.05, 0.1) is 5.57 Å². The molecule has 0 fully saturated rings. The van der Waals surface area contributed by atoms with Crippen molar-refractivity contribution in [1.82, 2.24) is 5.32 Å². The third-order valence-corrected chi connectivity index (χ3v) is 7.37. The van der Waals surface area contributed by atoms with Crippen molar-refractivity contribution in [1.29, 1.82) is 0 Å². The number of esters is 1. The topological polar surface area (TPSA) is 55.4 Å². The molecule has 2 aliphatic rings. The van der Waals surface area contributed by atoms with E-state index < -0.39 is 11.9 Å². The molecule has 2 atom stereocenters. The number of carbonyl (C=O) groups excluding carboxylic acids is 2. The van der Waals surface area contributed by atoms with Gasteiger partial charge in [0, 0.05) is 40.1 Å². The van der Waals surface area contributed by atoms with Crippen molar-refractivity contribution in [2.75, 3.05) is 18.1 Å². The Bertz CT molecular complexity index is 1140. The molecule has 1 aliphatic carbocycles. The Kier molecular flexibility index (Phi) is 7.79. The first-order valence-corrected chi connectivity index (χ1v) is 12.9. The molecule has 0 saturated heterocycles. The van der Waals surface area contributed by atoms with Crippen molar-refractivity contribution in [3.8, 4) is 0 Å². The average molecular weight is 500 g/mol. The summed E-state index contributed by atoms with van der Waals surface area (Å²) in [6, 6.07) is 13.6. The molecule has 4 rings (SSSR count). The van der Waals surface area contributed by atoms with Gasteiger partial charge in [-0.1, -0.05) is 42.8 Å². The van der Waals surface area contributed by atoms with E-state index >= 15 is 0 Å². The molecule has 2 aromatic rings. The Morgan fingerprint density at radius 1 is 1.12 bits per heavy atom. The van der Waals surface area contributed by atoms with Crippen LogP contribution >= 0.6 is 23.4 Å². The Morgan fingerprint density at radius 3 is 2.47 bits per heavy atom. The lowest BCUT2D eigenvalue weighted by atomic mass is 9.72. The molecule has 0 amide bonds. The highest BCUT2D eigenvalue weighted by molar-refractivity contribution is 7.99. The number of Topliss-reactive ketones (excluding diaryl/α,β-unsaturated/α-hetero) is 1. The summed E-state index contributed by atoms with van der Waals surface area (Å²) in [6.07, 6.45) is 0.960. The van der Waals surface area contributed by atoms with E-state index in [2.05, 4.69) is 12.2 Å². The van der Waals surface area contributed by atoms with Crippen LogP contribution in [0.1, 0.15) is 49.7 Å². The van der Waals surface area contributed by atoms with Gasteiger partial charge in [0.1, 0.15) is 12.4 Å². The number of ketones is 1. The van der Waals surface area contributed by atoms with Gasteiger partial charge in [-0.15, -0.1) is 0 Å². The number of ether oxygens (including phenoxy) is 1. The van der Waals surface area contributed by atoms with Gasteiger partial charge in [-0.3, -0.25) is 4.79 Å². The Morgan fingerprint density at radius 2 is 1.79 bits per heavy atom. The highest BCUT2D eigenvalue weighted by Gasteiger charge is 2.41. The summed E-state index contributed by atoms with van der Waals surface area (Å²) in [5.74, 6) is 0.222. The largest absolute Gasteiger partial charge is 0.461 e. The fourth-order valence-electron chi connectivity index (χ4n) is 4.68. The molecule has 1 N–H and O–H groups in total. The molecule has 1 aliphatic heterocycles. The van der Waals surface area contributed by atoms with E-state index in [0.717, 1.165) is 17.0 Å². The number of benzene rings is 2. The maximum atomic E-state index is 13.7. The van der Waals surface area contributed by atoms with Crippen LogP contribution in [0.5, 0.6) is 0 Å². The Labute approximate surface area is 208 Å². The second-order valence-corrected chi connectivity index (χ2v) is 10.3. The van der Waals surface area contributed by atoms with Gasteiger partial charge < -0.3 is 10.1 Å². The van der Waals surface area contributed by atoms with Gasteiger partial charge >= 0.3 is 5.97 Å². The predicted octanol–water partition coefficient (Wildman–Crippen LogP) is 6.14. The summed E-state index contributed by atoms with van der Waals surface area (Å²) < 4.78 is 19.3. The van der Waals surface area contributed by atoms with Gasteiger partial charge in [-0.2, -0.15) is 11.8 Å². The van der Waals surface area contributed by atoms with Crippen LogP contribution in [0.25, 0.3) is 0 Å². The second-order valence-electron chi connectivity index (χ2n) is 8.45. The van der Waals surface area contributed by atoms with Crippen molar-refractivity contribution in [3.63, 3.8) is 0 Å². The first-order valence-electron chi connectivity index (χ1n) is 11.4. The standard InChI is InChI=1S/C27H27ClFNO3S/c1-3-34-13-12-33-27(32)24-16(2)30-22-14-19(17-4-8-20(28)9-5-17)15-23(31)26(22)25(24)18-6-10-21(29)11-7-18/h4-11,19,25,30H,3,12-15H2,1-2H3/t19-,25+/m1/s1. The van der Waals surface area contributed by atoms with Crippen LogP contribution in [0.3, 0.4) is 0 Å². The number of halogens is 2. The summed E-state index contributed by atoms with van der Waals surface area (Å²) >= 11 is 7.73. The molecule has 1 heterocycles. The fourth-order valence-corrected chi connectivity index (χ4v) is 5.30. The zero-order valence-electron chi connectivity index (χ0n) is 19.2. The second kappa shape index (κ2) is 10.8. The highest BCUT2D eigenvalue weighted by Crippen LogP contribution is 2.45. The van der Waals surface area contributed by atoms with Crippen molar-refractivity contribution in [2.24, 2.45) is 0 Å². The monoisotopic (exact) mass is 499 g/mol. The van der Waals surface area contributed by atoms with Crippen LogP contribution in [0.4, 0.5) is 4.39 Å². The van der Waals surface area contributed by atoms with Gasteiger partial charge in [0.25, 0.3) is 0 Å². The predicted molar refractivity (Wildman–Crippen MR) is 134 cm³/mol. The van der Waals surface area contributed by atoms with Crippen LogP contribution < -0.4 is 5.32 Å². The third kappa shape index (κ3) is 5.23. The van der Waals surface area contributed by atoms with Crippen molar-refractivity contribution in [3.05, 3.63) is 93.0 Å². The minimum atomic E-state index is -0.596. The number of dihydropyridines is 1. The van der Waals surface area contributed by atoms with E-state index in [1.807, 2.05) is 31.2 Å². The molecule has 4 nitrogen and oxygen atoms in total. The van der Waals surface area contributed by atoms with Gasteiger partial charge in [-0.25, -0.2) is 9.18 Å². The van der Waals surface area contributed by atoms with E-state index in [4.69, 9.17) is 16.3 Å². The van der Waals surface area contributed by atoms with Crippen molar-refractivity contribution in [2.45, 2.75) is 38.5 Å². The van der Waals surface area contributed by atoms with Crippen LogP contribution in [0, 0.1) is 5.82 Å². The van der Waals surface area contributed by atoms with Crippen LogP contribution in [-0.2, 0) is 14.3 Å². The van der Waals surface area contributed by atoms with Gasteiger partial charge in [0.2, 0.25) is 0 Å². The average Bonchev–Trinajstić information content (AvgIpc) is 2.81. The Balaban J connectivity index is 1.70. The summed E-state index contributed by atoms with van der Waals surface area (Å²) in [7, 11) is 0. The van der Waals surface area contributed by atoms with E-state index in [0.29, 0.717) is 52.6 Å². The van der Waals surface area contributed by atoms with E-state index in [1.54, 1.807) is 23.9 Å². The lowest BCUT2D eigenvalue weighted by Crippen LogP contribution is -2.36. The maximum absolute atomic E-state index is 13.7. The quantitative estimate of drug-likeness (QED) is 0.366. The molecule has 34 heavy (non-hydrogen) atoms. The van der Waals surface area contributed by atoms with Crippen LogP contribution in [0.2, 0.25) is 5.02 Å². The maximum Gasteiger partial charge on any atom is 0.336 e. The first kappa shape index (κ1) is 24.6. The molecular weight excluding hydrogens is 473 g/mol. The molecule has 0 saturated carbocycles. The molecule has 0 radical (unpaired) electrons. The molecular formula is C27H27ClFNO3S. The summed E-state index contributed by atoms with van der Waals surface area (Å²) in [5.41, 5.74) is 4.18. The van der Waals surface area contributed by atoms with Gasteiger partial charge in [0.15, 0.2) is 5.78 Å². The van der Waals surface area contributed by atoms with Crippen LogP contribution in [-0.4, -0.2) is 29.9 Å². The minimum absolute atomic E-state index is 0.0113. The number of hydrogen-bond donors (Lipinski definition) is 1.